The molecule has 0 amide bonds. The van der Waals surface area contributed by atoms with Gasteiger partial charge in [-0.3, -0.25) is 24.0 Å². The summed E-state index contributed by atoms with van der Waals surface area (Å²) in [5.74, 6) is -7.19. The number of carboxylic acids is 3. The molecular weight excluding hydrogens is 567 g/mol. The van der Waals surface area contributed by atoms with E-state index in [9.17, 15) is 53.7 Å². The van der Waals surface area contributed by atoms with Gasteiger partial charge in [-0.25, -0.2) is 0 Å². The van der Waals surface area contributed by atoms with Gasteiger partial charge >= 0.3 is 29.3 Å². The third kappa shape index (κ3) is 33.1. The Morgan fingerprint density at radius 3 is 0.634 bits per heavy atom. The number of rotatable bonds is 12. The van der Waals surface area contributed by atoms with E-state index in [0.717, 1.165) is 20.8 Å². The molecule has 0 aliphatic carbocycles. The van der Waals surface area contributed by atoms with Crippen LogP contribution in [0.25, 0.3) is 0 Å². The molecule has 0 aromatic heterocycles. The molecule has 0 saturated heterocycles. The van der Waals surface area contributed by atoms with Crippen molar-refractivity contribution in [1.82, 2.24) is 0 Å². The molecule has 0 aromatic rings. The molecule has 0 aromatic carbocycles. The first-order chi connectivity index (χ1) is 18.0. The number of ether oxygens (including phenoxy) is 4. The molecule has 0 rings (SSSR count). The topological polar surface area (TPSA) is 243 Å². The van der Waals surface area contributed by atoms with Crippen molar-refractivity contribution in [2.75, 3.05) is 0 Å². The minimum Gasteiger partial charge on any atom is -0.547 e. The van der Waals surface area contributed by atoms with Crippen LogP contribution in [0.2, 0.25) is 0 Å². The average molecular weight is 607 g/mol. The molecule has 0 spiro atoms. The second-order valence-electron chi connectivity index (χ2n) is 8.57. The maximum atomic E-state index is 10.6. The van der Waals surface area contributed by atoms with E-state index in [4.69, 9.17) is 14.2 Å². The van der Waals surface area contributed by atoms with Crippen LogP contribution >= 0.6 is 0 Å². The molecule has 0 aliphatic heterocycles. The smallest absolute Gasteiger partial charge is 0.547 e. The van der Waals surface area contributed by atoms with Gasteiger partial charge in [0.05, 0.1) is 36.2 Å². The zero-order chi connectivity index (χ0) is 32.9. The molecule has 16 heteroatoms. The largest absolute Gasteiger partial charge is 3.00 e. The fraction of sp³-hybridized carbons (Fsp3) is 0.680. The van der Waals surface area contributed by atoms with Crippen LogP contribution in [0.1, 0.15) is 76.2 Å². The third-order valence-electron chi connectivity index (χ3n) is 3.26. The molecule has 0 N–H and O–H groups in total. The number of hydrogen-bond acceptors (Lipinski definition) is 15. The molecule has 15 nitrogen and oxygen atoms in total. The van der Waals surface area contributed by atoms with Gasteiger partial charge in [0.25, 0.3) is 0 Å². The number of aliphatic carboxylic acids is 3. The summed E-state index contributed by atoms with van der Waals surface area (Å²) >= 11 is 0. The normalized spacial score (nSPS) is 11.9. The third-order valence-corrected chi connectivity index (χ3v) is 3.26. The van der Waals surface area contributed by atoms with E-state index < -0.39 is 65.5 Å². The maximum absolute atomic E-state index is 10.6. The minimum atomic E-state index is -1.48. The second-order valence-corrected chi connectivity index (χ2v) is 8.57. The first-order valence-electron chi connectivity index (χ1n) is 11.8. The van der Waals surface area contributed by atoms with E-state index >= 15 is 0 Å². The Morgan fingerprint density at radius 2 is 0.610 bits per heavy atom. The van der Waals surface area contributed by atoms with Gasteiger partial charge in [-0.15, -0.1) is 0 Å². The summed E-state index contributed by atoms with van der Waals surface area (Å²) in [6.45, 7) is 15.7. The van der Waals surface area contributed by atoms with Gasteiger partial charge in [-0.2, -0.15) is 0 Å². The van der Waals surface area contributed by atoms with E-state index in [-0.39, 0.29) is 35.7 Å². The molecule has 0 heterocycles. The first kappa shape index (κ1) is 47.7. The van der Waals surface area contributed by atoms with Gasteiger partial charge in [0, 0.05) is 13.8 Å². The molecule has 3 atom stereocenters. The summed E-state index contributed by atoms with van der Waals surface area (Å²) in [5.41, 5.74) is 0. The van der Waals surface area contributed by atoms with Crippen molar-refractivity contribution in [3.63, 3.8) is 0 Å². The summed E-state index contributed by atoms with van der Waals surface area (Å²) in [4.78, 5) is 82.0. The van der Waals surface area contributed by atoms with Crippen molar-refractivity contribution in [2.24, 2.45) is 0 Å². The van der Waals surface area contributed by atoms with E-state index in [1.165, 1.54) is 13.8 Å². The molecule has 0 radical (unpaired) electrons. The van der Waals surface area contributed by atoms with Crippen LogP contribution in [0, 0.1) is 0 Å². The molecule has 3 unspecified atom stereocenters. The van der Waals surface area contributed by atoms with Crippen molar-refractivity contribution < 1.29 is 72.6 Å². The van der Waals surface area contributed by atoms with Crippen LogP contribution in [-0.4, -0.2) is 101 Å². The minimum absolute atomic E-state index is 0. The van der Waals surface area contributed by atoms with Gasteiger partial charge < -0.3 is 48.7 Å². The molecule has 41 heavy (non-hydrogen) atoms. The summed E-state index contributed by atoms with van der Waals surface area (Å²) in [6.07, 6.45) is -5.13. The maximum Gasteiger partial charge on any atom is 3.00 e. The van der Waals surface area contributed by atoms with Crippen molar-refractivity contribution in [3.8, 4) is 0 Å². The van der Waals surface area contributed by atoms with Crippen LogP contribution in [0.4, 0.5) is 0 Å². The van der Waals surface area contributed by atoms with Crippen molar-refractivity contribution >= 4 is 64.6 Å². The fourth-order valence-corrected chi connectivity index (χ4v) is 1.97. The Balaban J connectivity index is -0.000000141. The van der Waals surface area contributed by atoms with Crippen LogP contribution in [-0.2, 0) is 57.3 Å². The van der Waals surface area contributed by atoms with Crippen molar-refractivity contribution in [3.05, 3.63) is 0 Å². The molecule has 0 aliphatic rings. The molecule has 0 saturated carbocycles. The number of carboxylic acid groups (broad SMARTS) is 3. The van der Waals surface area contributed by atoms with Crippen molar-refractivity contribution in [1.29, 1.82) is 0 Å². The standard InChI is InChI=1S/3C7H12O4.C4H6O3.Al/c3*1-4(2)11-6(5(3)8)7(9)10;1-3(5)7-4(2)6;/h3*4,6H,1-3H3,(H,9,10);1-2H3;/q;;;;+3/p-3. The summed E-state index contributed by atoms with van der Waals surface area (Å²) in [5, 5.41) is 30.7. The Labute approximate surface area is 250 Å². The van der Waals surface area contributed by atoms with Crippen LogP contribution in [0.5, 0.6) is 0 Å². The fourth-order valence-electron chi connectivity index (χ4n) is 1.97. The van der Waals surface area contributed by atoms with E-state index in [2.05, 4.69) is 4.74 Å². The van der Waals surface area contributed by atoms with Gasteiger partial charge in [0.15, 0.2) is 35.7 Å². The van der Waals surface area contributed by atoms with Crippen LogP contribution in [0.3, 0.4) is 0 Å². The van der Waals surface area contributed by atoms with Crippen LogP contribution in [0.15, 0.2) is 0 Å². The molecule has 0 fully saturated rings. The monoisotopic (exact) mass is 606 g/mol. The Morgan fingerprint density at radius 1 is 0.439 bits per heavy atom. The first-order valence-corrected chi connectivity index (χ1v) is 11.8. The van der Waals surface area contributed by atoms with Gasteiger partial charge in [-0.1, -0.05) is 0 Å². The summed E-state index contributed by atoms with van der Waals surface area (Å²) in [7, 11) is 0. The Kier molecular flexibility index (Phi) is 30.2. The average Bonchev–Trinajstić information content (AvgIpc) is 2.73. The molecule has 232 valence electrons. The number of esters is 2. The Bertz CT molecular complexity index is 721. The predicted octanol–water partition coefficient (Wildman–Crippen LogP) is -2.93. The van der Waals surface area contributed by atoms with Gasteiger partial charge in [0.1, 0.15) is 0 Å². The Hall–Kier alpha value is -3.03. The van der Waals surface area contributed by atoms with Crippen LogP contribution < -0.4 is 15.3 Å². The number of carbonyl (C=O) groups excluding carboxylic acids is 8. The zero-order valence-electron chi connectivity index (χ0n) is 25.2. The molecular formula is C25H39AlO15. The van der Waals surface area contributed by atoms with E-state index in [1.807, 2.05) is 0 Å². The quantitative estimate of drug-likeness (QED) is 0.123. The van der Waals surface area contributed by atoms with Gasteiger partial charge in [0.2, 0.25) is 0 Å². The zero-order valence-corrected chi connectivity index (χ0v) is 26.3. The predicted molar refractivity (Wildman–Crippen MR) is 135 cm³/mol. The number of carbonyl (C=O) groups is 8. The van der Waals surface area contributed by atoms with Crippen molar-refractivity contribution in [2.45, 2.75) is 113 Å². The van der Waals surface area contributed by atoms with E-state index in [1.54, 1.807) is 41.5 Å². The molecule has 0 bridgehead atoms. The summed E-state index contributed by atoms with van der Waals surface area (Å²) in [6, 6.07) is 0. The number of hydrogen-bond donors (Lipinski definition) is 0. The van der Waals surface area contributed by atoms with E-state index in [0.29, 0.717) is 0 Å². The number of ketones is 3. The number of Topliss-reactive ketones (excluding diaryl/α,β-unsaturated/α-hetero) is 3. The van der Waals surface area contributed by atoms with Gasteiger partial charge in [-0.05, 0) is 62.3 Å². The second kappa shape index (κ2) is 25.9. The SMILES string of the molecule is CC(=O)C(OC(C)C)C(=O)[O-].CC(=O)C(OC(C)C)C(=O)[O-].CC(=O)C(OC(C)C)C(=O)[O-].CC(=O)OC(C)=O.[Al+3]. The summed E-state index contributed by atoms with van der Waals surface area (Å²) < 4.78 is 18.3.